The van der Waals surface area contributed by atoms with Crippen molar-refractivity contribution in [2.75, 3.05) is 42.5 Å². The average molecular weight is 411 g/mol. The third-order valence-electron chi connectivity index (χ3n) is 6.26. The van der Waals surface area contributed by atoms with Crippen molar-refractivity contribution in [1.29, 1.82) is 0 Å². The van der Waals surface area contributed by atoms with Crippen molar-refractivity contribution in [2.45, 2.75) is 45.2 Å². The molecule has 2 saturated heterocycles. The number of benzene rings is 1. The van der Waals surface area contributed by atoms with Gasteiger partial charge in [-0.3, -0.25) is 15.0 Å². The maximum Gasteiger partial charge on any atom is 0.353 e. The zero-order valence-corrected chi connectivity index (χ0v) is 17.6. The fourth-order valence-electron chi connectivity index (χ4n) is 4.63. The number of nitro groups is 1. The Bertz CT molecular complexity index is 854. The Kier molecular flexibility index (Phi) is 6.42. The lowest BCUT2D eigenvalue weighted by Crippen LogP contribution is -2.46. The summed E-state index contributed by atoms with van der Waals surface area (Å²) in [5, 5.41) is 12.1. The number of hydrogen-bond donors (Lipinski definition) is 0. The second kappa shape index (κ2) is 9.38. The van der Waals surface area contributed by atoms with Crippen LogP contribution in [0.4, 0.5) is 17.3 Å². The molecule has 3 heterocycles. The molecule has 0 saturated carbocycles. The van der Waals surface area contributed by atoms with Gasteiger partial charge in [-0.05, 0) is 31.2 Å². The fraction of sp³-hybridized carbons (Fsp3) is 0.545. The number of aromatic nitrogens is 2. The summed E-state index contributed by atoms with van der Waals surface area (Å²) in [6, 6.07) is 10.7. The summed E-state index contributed by atoms with van der Waals surface area (Å²) in [6.07, 6.45) is 5.74. The summed E-state index contributed by atoms with van der Waals surface area (Å²) in [5.41, 5.74) is 1.35. The lowest BCUT2D eigenvalue weighted by molar-refractivity contribution is -0.383. The van der Waals surface area contributed by atoms with Crippen LogP contribution < -0.4 is 9.80 Å². The summed E-state index contributed by atoms with van der Waals surface area (Å²) >= 11 is 0. The SMILES string of the molecule is CCC1CCCCN1c1ncnc(N2CCN(Cc3ccccc3)CC2)c1[N+](=O)[O-]. The predicted molar refractivity (Wildman–Crippen MR) is 118 cm³/mol. The molecule has 2 fully saturated rings. The number of piperidine rings is 1. The Hall–Kier alpha value is -2.74. The van der Waals surface area contributed by atoms with Gasteiger partial charge in [-0.15, -0.1) is 0 Å². The van der Waals surface area contributed by atoms with Gasteiger partial charge in [-0.25, -0.2) is 9.97 Å². The Morgan fingerprint density at radius 2 is 1.77 bits per heavy atom. The molecule has 1 aromatic heterocycles. The standard InChI is InChI=1S/C22H30N6O2/c1-2-19-10-6-7-11-27(19)22-20(28(29)30)21(23-17-24-22)26-14-12-25(13-15-26)16-18-8-4-3-5-9-18/h3-5,8-9,17,19H,2,6-7,10-16H2,1H3. The van der Waals surface area contributed by atoms with Gasteiger partial charge in [0.2, 0.25) is 11.6 Å². The van der Waals surface area contributed by atoms with E-state index in [-0.39, 0.29) is 10.6 Å². The van der Waals surface area contributed by atoms with Crippen LogP contribution in [0.1, 0.15) is 38.2 Å². The van der Waals surface area contributed by atoms with Crippen LogP contribution in [0.15, 0.2) is 36.7 Å². The first-order chi connectivity index (χ1) is 14.7. The summed E-state index contributed by atoms with van der Waals surface area (Å²) < 4.78 is 0. The largest absolute Gasteiger partial charge is 0.353 e. The van der Waals surface area contributed by atoms with E-state index in [1.54, 1.807) is 0 Å². The second-order valence-corrected chi connectivity index (χ2v) is 8.13. The Labute approximate surface area is 177 Å². The summed E-state index contributed by atoms with van der Waals surface area (Å²) in [5.74, 6) is 0.952. The maximum atomic E-state index is 12.1. The molecule has 160 valence electrons. The van der Waals surface area contributed by atoms with Crippen molar-refractivity contribution in [3.05, 3.63) is 52.3 Å². The van der Waals surface area contributed by atoms with E-state index in [0.29, 0.717) is 17.7 Å². The van der Waals surface area contributed by atoms with E-state index in [0.717, 1.165) is 58.5 Å². The number of hydrogen-bond acceptors (Lipinski definition) is 7. The van der Waals surface area contributed by atoms with Gasteiger partial charge in [0.05, 0.1) is 4.92 Å². The first kappa shape index (κ1) is 20.5. The van der Waals surface area contributed by atoms with Gasteiger partial charge in [0.15, 0.2) is 0 Å². The zero-order valence-electron chi connectivity index (χ0n) is 17.6. The van der Waals surface area contributed by atoms with Crippen LogP contribution in [0.2, 0.25) is 0 Å². The van der Waals surface area contributed by atoms with Gasteiger partial charge >= 0.3 is 5.69 Å². The minimum absolute atomic E-state index is 0.0642. The minimum Gasteiger partial charge on any atom is -0.348 e. The highest BCUT2D eigenvalue weighted by Crippen LogP contribution is 2.37. The minimum atomic E-state index is -0.289. The molecule has 1 aromatic carbocycles. The molecule has 2 aliphatic rings. The third-order valence-corrected chi connectivity index (χ3v) is 6.26. The monoisotopic (exact) mass is 410 g/mol. The van der Waals surface area contributed by atoms with Crippen molar-refractivity contribution in [3.8, 4) is 0 Å². The first-order valence-corrected chi connectivity index (χ1v) is 10.9. The molecule has 8 nitrogen and oxygen atoms in total. The second-order valence-electron chi connectivity index (χ2n) is 8.13. The molecule has 8 heteroatoms. The lowest BCUT2D eigenvalue weighted by atomic mass is 10.00. The van der Waals surface area contributed by atoms with E-state index in [2.05, 4.69) is 55.9 Å². The molecule has 0 radical (unpaired) electrons. The Morgan fingerprint density at radius 1 is 1.03 bits per heavy atom. The van der Waals surface area contributed by atoms with E-state index in [1.165, 1.54) is 18.3 Å². The molecule has 0 spiro atoms. The van der Waals surface area contributed by atoms with Crippen molar-refractivity contribution in [1.82, 2.24) is 14.9 Å². The third kappa shape index (κ3) is 4.38. The molecule has 2 aliphatic heterocycles. The van der Waals surface area contributed by atoms with Crippen LogP contribution >= 0.6 is 0 Å². The molecule has 0 bridgehead atoms. The van der Waals surface area contributed by atoms with Crippen LogP contribution in [0.25, 0.3) is 0 Å². The quantitative estimate of drug-likeness (QED) is 0.533. The molecule has 1 unspecified atom stereocenters. The predicted octanol–water partition coefficient (Wildman–Crippen LogP) is 3.48. The normalized spacial score (nSPS) is 20.4. The van der Waals surface area contributed by atoms with Crippen molar-refractivity contribution in [3.63, 3.8) is 0 Å². The number of piperazine rings is 1. The van der Waals surface area contributed by atoms with Crippen molar-refractivity contribution in [2.24, 2.45) is 0 Å². The van der Waals surface area contributed by atoms with Crippen LogP contribution in [0.3, 0.4) is 0 Å². The number of anilines is 2. The van der Waals surface area contributed by atoms with Gasteiger partial charge in [0, 0.05) is 45.3 Å². The molecular weight excluding hydrogens is 380 g/mol. The lowest BCUT2D eigenvalue weighted by Gasteiger charge is -2.37. The van der Waals surface area contributed by atoms with E-state index >= 15 is 0 Å². The molecular formula is C22H30N6O2. The Morgan fingerprint density at radius 3 is 2.47 bits per heavy atom. The van der Waals surface area contributed by atoms with Crippen LogP contribution in [-0.2, 0) is 6.54 Å². The topological polar surface area (TPSA) is 78.6 Å². The van der Waals surface area contributed by atoms with E-state index in [4.69, 9.17) is 0 Å². The van der Waals surface area contributed by atoms with E-state index in [9.17, 15) is 10.1 Å². The molecule has 0 amide bonds. The van der Waals surface area contributed by atoms with E-state index < -0.39 is 0 Å². The van der Waals surface area contributed by atoms with Crippen LogP contribution in [0, 0.1) is 10.1 Å². The van der Waals surface area contributed by atoms with Gasteiger partial charge in [-0.1, -0.05) is 37.3 Å². The smallest absolute Gasteiger partial charge is 0.348 e. The molecule has 4 rings (SSSR count). The van der Waals surface area contributed by atoms with Crippen LogP contribution in [-0.4, -0.2) is 58.6 Å². The molecule has 0 aliphatic carbocycles. The van der Waals surface area contributed by atoms with Gasteiger partial charge in [-0.2, -0.15) is 0 Å². The number of nitrogens with zero attached hydrogens (tertiary/aromatic N) is 6. The van der Waals surface area contributed by atoms with E-state index in [1.807, 2.05) is 6.07 Å². The maximum absolute atomic E-state index is 12.1. The van der Waals surface area contributed by atoms with Gasteiger partial charge in [0.1, 0.15) is 6.33 Å². The summed E-state index contributed by atoms with van der Waals surface area (Å²) in [7, 11) is 0. The van der Waals surface area contributed by atoms with Crippen LogP contribution in [0.5, 0.6) is 0 Å². The first-order valence-electron chi connectivity index (χ1n) is 10.9. The molecule has 0 N–H and O–H groups in total. The highest BCUT2D eigenvalue weighted by Gasteiger charge is 2.34. The Balaban J connectivity index is 1.52. The summed E-state index contributed by atoms with van der Waals surface area (Å²) in [6.45, 7) is 7.02. The van der Waals surface area contributed by atoms with Crippen molar-refractivity contribution >= 4 is 17.3 Å². The zero-order chi connectivity index (χ0) is 20.9. The van der Waals surface area contributed by atoms with Gasteiger partial charge < -0.3 is 9.80 Å². The summed E-state index contributed by atoms with van der Waals surface area (Å²) in [4.78, 5) is 27.1. The fourth-order valence-corrected chi connectivity index (χ4v) is 4.63. The highest BCUT2D eigenvalue weighted by molar-refractivity contribution is 5.71. The number of rotatable bonds is 6. The molecule has 2 aromatic rings. The van der Waals surface area contributed by atoms with Crippen molar-refractivity contribution < 1.29 is 4.92 Å². The molecule has 1 atom stereocenters. The molecule has 30 heavy (non-hydrogen) atoms. The van der Waals surface area contributed by atoms with Gasteiger partial charge in [0.25, 0.3) is 0 Å². The highest BCUT2D eigenvalue weighted by atomic mass is 16.6. The average Bonchev–Trinajstić information content (AvgIpc) is 2.79.